The van der Waals surface area contributed by atoms with E-state index < -0.39 is 0 Å². The molecule has 4 nitrogen and oxygen atoms in total. The van der Waals surface area contributed by atoms with E-state index in [2.05, 4.69) is 24.5 Å². The van der Waals surface area contributed by atoms with E-state index in [9.17, 15) is 4.79 Å². The van der Waals surface area contributed by atoms with Gasteiger partial charge in [-0.1, -0.05) is 6.92 Å². The summed E-state index contributed by atoms with van der Waals surface area (Å²) in [6, 6.07) is 0.648. The third-order valence-corrected chi connectivity index (χ3v) is 2.23. The lowest BCUT2D eigenvalue weighted by Crippen LogP contribution is -2.51. The van der Waals surface area contributed by atoms with Crippen LogP contribution in [-0.4, -0.2) is 37.7 Å². The van der Waals surface area contributed by atoms with Crippen LogP contribution < -0.4 is 10.6 Å². The van der Waals surface area contributed by atoms with Gasteiger partial charge in [0.15, 0.2) is 0 Å². The lowest BCUT2D eigenvalue weighted by Gasteiger charge is -2.27. The zero-order valence-electron chi connectivity index (χ0n) is 8.30. The maximum Gasteiger partial charge on any atom is 0.234 e. The minimum atomic E-state index is 0.0635. The van der Waals surface area contributed by atoms with Crippen LogP contribution in [0.3, 0.4) is 0 Å². The topological polar surface area (TPSA) is 50.4 Å². The van der Waals surface area contributed by atoms with Crippen LogP contribution in [0.2, 0.25) is 0 Å². The van der Waals surface area contributed by atoms with Gasteiger partial charge in [-0.25, -0.2) is 0 Å². The predicted molar refractivity (Wildman–Crippen MR) is 50.5 cm³/mol. The van der Waals surface area contributed by atoms with Crippen molar-refractivity contribution >= 4 is 5.91 Å². The molecule has 1 heterocycles. The summed E-state index contributed by atoms with van der Waals surface area (Å²) in [7, 11) is 0. The first kappa shape index (κ1) is 10.5. The number of amides is 1. The van der Waals surface area contributed by atoms with Crippen molar-refractivity contribution in [2.24, 2.45) is 0 Å². The Labute approximate surface area is 79.0 Å². The SMILES string of the molecule is CCC(C)NCC(=O)NC1COC1. The molecule has 0 radical (unpaired) electrons. The van der Waals surface area contributed by atoms with Gasteiger partial charge in [-0.05, 0) is 13.3 Å². The number of carbonyl (C=O) groups is 1. The van der Waals surface area contributed by atoms with Crippen molar-refractivity contribution in [3.63, 3.8) is 0 Å². The van der Waals surface area contributed by atoms with Crippen LogP contribution in [0, 0.1) is 0 Å². The number of rotatable bonds is 5. The molecule has 0 aromatic heterocycles. The van der Waals surface area contributed by atoms with Gasteiger partial charge < -0.3 is 15.4 Å². The maximum atomic E-state index is 11.2. The second-order valence-electron chi connectivity index (χ2n) is 3.49. The molecule has 13 heavy (non-hydrogen) atoms. The first-order valence-electron chi connectivity index (χ1n) is 4.83. The zero-order chi connectivity index (χ0) is 9.68. The molecule has 1 atom stereocenters. The third-order valence-electron chi connectivity index (χ3n) is 2.23. The van der Waals surface area contributed by atoms with Crippen molar-refractivity contribution in [1.82, 2.24) is 10.6 Å². The molecule has 2 N–H and O–H groups in total. The van der Waals surface area contributed by atoms with Gasteiger partial charge in [0.05, 0.1) is 25.8 Å². The van der Waals surface area contributed by atoms with Gasteiger partial charge in [0.1, 0.15) is 0 Å². The van der Waals surface area contributed by atoms with Crippen molar-refractivity contribution in [3.05, 3.63) is 0 Å². The van der Waals surface area contributed by atoms with E-state index in [-0.39, 0.29) is 11.9 Å². The molecule has 1 aliphatic rings. The van der Waals surface area contributed by atoms with Crippen LogP contribution in [0.5, 0.6) is 0 Å². The Morgan fingerprint density at radius 3 is 2.77 bits per heavy atom. The second kappa shape index (κ2) is 5.19. The maximum absolute atomic E-state index is 11.2. The molecule has 76 valence electrons. The summed E-state index contributed by atoms with van der Waals surface area (Å²) in [4.78, 5) is 11.2. The molecular formula is C9H18N2O2. The highest BCUT2D eigenvalue weighted by Gasteiger charge is 2.19. The molecule has 1 rings (SSSR count). The van der Waals surface area contributed by atoms with Crippen LogP contribution in [0.4, 0.5) is 0 Å². The highest BCUT2D eigenvalue weighted by Crippen LogP contribution is 1.98. The van der Waals surface area contributed by atoms with Crippen LogP contribution in [0.25, 0.3) is 0 Å². The van der Waals surface area contributed by atoms with Crippen LogP contribution >= 0.6 is 0 Å². The fourth-order valence-corrected chi connectivity index (χ4v) is 1.01. The average molecular weight is 186 g/mol. The van der Waals surface area contributed by atoms with Crippen LogP contribution in [0.15, 0.2) is 0 Å². The minimum Gasteiger partial charge on any atom is -0.377 e. The minimum absolute atomic E-state index is 0.0635. The number of ether oxygens (including phenoxy) is 1. The van der Waals surface area contributed by atoms with Crippen LogP contribution in [-0.2, 0) is 9.53 Å². The molecular weight excluding hydrogens is 168 g/mol. The van der Waals surface area contributed by atoms with E-state index in [1.165, 1.54) is 0 Å². The molecule has 4 heteroatoms. The Hall–Kier alpha value is -0.610. The molecule has 1 aliphatic heterocycles. The van der Waals surface area contributed by atoms with Crippen LogP contribution in [0.1, 0.15) is 20.3 Å². The lowest BCUT2D eigenvalue weighted by molar-refractivity contribution is -0.124. The molecule has 0 bridgehead atoms. The van der Waals surface area contributed by atoms with Gasteiger partial charge in [-0.15, -0.1) is 0 Å². The fraction of sp³-hybridized carbons (Fsp3) is 0.889. The standard InChI is InChI=1S/C9H18N2O2/c1-3-7(2)10-4-9(12)11-8-5-13-6-8/h7-8,10H,3-6H2,1-2H3,(H,11,12). The van der Waals surface area contributed by atoms with Gasteiger partial charge in [0.2, 0.25) is 5.91 Å². The molecule has 1 fully saturated rings. The van der Waals surface area contributed by atoms with Gasteiger partial charge >= 0.3 is 0 Å². The summed E-state index contributed by atoms with van der Waals surface area (Å²) < 4.78 is 4.95. The molecule has 0 aromatic carbocycles. The number of nitrogens with one attached hydrogen (secondary N) is 2. The van der Waals surface area contributed by atoms with E-state index >= 15 is 0 Å². The zero-order valence-corrected chi connectivity index (χ0v) is 8.30. The van der Waals surface area contributed by atoms with Crippen molar-refractivity contribution in [3.8, 4) is 0 Å². The lowest BCUT2D eigenvalue weighted by atomic mass is 10.2. The Morgan fingerprint density at radius 1 is 1.62 bits per heavy atom. The first-order chi connectivity index (χ1) is 6.22. The average Bonchev–Trinajstić information content (AvgIpc) is 2.07. The van der Waals surface area contributed by atoms with Gasteiger partial charge in [0, 0.05) is 6.04 Å². The highest BCUT2D eigenvalue weighted by atomic mass is 16.5. The molecule has 1 amide bonds. The second-order valence-corrected chi connectivity index (χ2v) is 3.49. The van der Waals surface area contributed by atoms with E-state index in [0.29, 0.717) is 25.8 Å². The Balaban J connectivity index is 2.03. The van der Waals surface area contributed by atoms with E-state index in [1.807, 2.05) is 0 Å². The summed E-state index contributed by atoms with van der Waals surface area (Å²) in [5.74, 6) is 0.0635. The molecule has 1 saturated heterocycles. The van der Waals surface area contributed by atoms with E-state index in [4.69, 9.17) is 4.74 Å². The smallest absolute Gasteiger partial charge is 0.234 e. The van der Waals surface area contributed by atoms with Gasteiger partial charge in [-0.3, -0.25) is 4.79 Å². The highest BCUT2D eigenvalue weighted by molar-refractivity contribution is 5.78. The summed E-state index contributed by atoms with van der Waals surface area (Å²) in [5, 5.41) is 6.00. The Bertz CT molecular complexity index is 169. The molecule has 0 spiro atoms. The third kappa shape index (κ3) is 3.74. The number of hydrogen-bond donors (Lipinski definition) is 2. The van der Waals surface area contributed by atoms with E-state index in [0.717, 1.165) is 6.42 Å². The van der Waals surface area contributed by atoms with Gasteiger partial charge in [0.25, 0.3) is 0 Å². The van der Waals surface area contributed by atoms with Crippen molar-refractivity contribution < 1.29 is 9.53 Å². The summed E-state index contributed by atoms with van der Waals surface area (Å²) in [6.07, 6.45) is 1.04. The van der Waals surface area contributed by atoms with E-state index in [1.54, 1.807) is 0 Å². The van der Waals surface area contributed by atoms with Crippen molar-refractivity contribution in [2.45, 2.75) is 32.4 Å². The van der Waals surface area contributed by atoms with Crippen molar-refractivity contribution in [2.75, 3.05) is 19.8 Å². The quantitative estimate of drug-likeness (QED) is 0.630. The Kier molecular flexibility index (Phi) is 4.18. The molecule has 1 unspecified atom stereocenters. The molecule has 0 saturated carbocycles. The van der Waals surface area contributed by atoms with Crippen molar-refractivity contribution in [1.29, 1.82) is 0 Å². The fourth-order valence-electron chi connectivity index (χ4n) is 1.01. The largest absolute Gasteiger partial charge is 0.377 e. The molecule has 0 aromatic rings. The van der Waals surface area contributed by atoms with Gasteiger partial charge in [-0.2, -0.15) is 0 Å². The number of hydrogen-bond acceptors (Lipinski definition) is 3. The normalized spacial score (nSPS) is 19.2. The molecule has 0 aliphatic carbocycles. The summed E-state index contributed by atoms with van der Waals surface area (Å²) in [6.45, 7) is 5.89. The first-order valence-corrected chi connectivity index (χ1v) is 4.83. The predicted octanol–water partition coefficient (Wildman–Crippen LogP) is -0.110. The number of carbonyl (C=O) groups excluding carboxylic acids is 1. The Morgan fingerprint density at radius 2 is 2.31 bits per heavy atom. The summed E-state index contributed by atoms with van der Waals surface area (Å²) >= 11 is 0. The summed E-state index contributed by atoms with van der Waals surface area (Å²) in [5.41, 5.74) is 0. The monoisotopic (exact) mass is 186 g/mol.